The second kappa shape index (κ2) is 6.03. The van der Waals surface area contributed by atoms with Gasteiger partial charge in [-0.25, -0.2) is 4.79 Å². The molecule has 0 atom stereocenters. The van der Waals surface area contributed by atoms with Crippen LogP contribution in [0.15, 0.2) is 24.3 Å². The highest BCUT2D eigenvalue weighted by Crippen LogP contribution is 2.10. The van der Waals surface area contributed by atoms with Gasteiger partial charge in [-0.1, -0.05) is 19.1 Å². The zero-order valence-corrected chi connectivity index (χ0v) is 8.79. The van der Waals surface area contributed by atoms with E-state index in [0.29, 0.717) is 0 Å². The lowest BCUT2D eigenvalue weighted by atomic mass is 10.1. The Kier molecular flexibility index (Phi) is 4.63. The summed E-state index contributed by atoms with van der Waals surface area (Å²) in [6.07, 6.45) is 0.938. The van der Waals surface area contributed by atoms with Crippen LogP contribution in [0.2, 0.25) is 0 Å². The van der Waals surface area contributed by atoms with Crippen molar-refractivity contribution in [1.29, 1.82) is 0 Å². The Morgan fingerprint density at radius 3 is 2.93 bits per heavy atom. The van der Waals surface area contributed by atoms with Crippen molar-refractivity contribution >= 4 is 11.7 Å². The molecule has 0 spiro atoms. The van der Waals surface area contributed by atoms with Crippen LogP contribution in [0, 0.1) is 0 Å². The van der Waals surface area contributed by atoms with E-state index in [2.05, 4.69) is 17.6 Å². The van der Waals surface area contributed by atoms with E-state index in [-0.39, 0.29) is 19.2 Å². The number of carbonyl (C=O) groups excluding carboxylic acids is 1. The van der Waals surface area contributed by atoms with E-state index in [1.807, 2.05) is 24.3 Å². The van der Waals surface area contributed by atoms with Gasteiger partial charge in [0.1, 0.15) is 0 Å². The van der Waals surface area contributed by atoms with E-state index in [4.69, 9.17) is 5.11 Å². The van der Waals surface area contributed by atoms with E-state index < -0.39 is 0 Å². The summed E-state index contributed by atoms with van der Waals surface area (Å²) in [6, 6.07) is 7.38. The zero-order chi connectivity index (χ0) is 11.1. The first-order valence-corrected chi connectivity index (χ1v) is 5.01. The van der Waals surface area contributed by atoms with E-state index in [1.54, 1.807) is 0 Å². The van der Waals surface area contributed by atoms with Crippen LogP contribution in [0.25, 0.3) is 0 Å². The lowest BCUT2D eigenvalue weighted by Crippen LogP contribution is -2.30. The summed E-state index contributed by atoms with van der Waals surface area (Å²) < 4.78 is 0. The van der Waals surface area contributed by atoms with Crippen molar-refractivity contribution in [3.8, 4) is 0 Å². The number of aliphatic hydroxyl groups excluding tert-OH is 1. The Labute approximate surface area is 89.3 Å². The SMILES string of the molecule is CCc1cccc(NC(=O)NCCO)c1. The topological polar surface area (TPSA) is 61.4 Å². The number of benzene rings is 1. The Hall–Kier alpha value is -1.55. The van der Waals surface area contributed by atoms with Gasteiger partial charge in [0.05, 0.1) is 6.61 Å². The summed E-state index contributed by atoms with van der Waals surface area (Å²) in [5.74, 6) is 0. The summed E-state index contributed by atoms with van der Waals surface area (Å²) in [7, 11) is 0. The number of rotatable bonds is 4. The van der Waals surface area contributed by atoms with Crippen LogP contribution in [0.1, 0.15) is 12.5 Å². The van der Waals surface area contributed by atoms with Gasteiger partial charge in [-0.05, 0) is 24.1 Å². The number of aryl methyl sites for hydroxylation is 1. The van der Waals surface area contributed by atoms with Gasteiger partial charge >= 0.3 is 6.03 Å². The van der Waals surface area contributed by atoms with Crippen LogP contribution in [-0.4, -0.2) is 24.3 Å². The third kappa shape index (κ3) is 3.99. The summed E-state index contributed by atoms with van der Waals surface area (Å²) in [5.41, 5.74) is 1.94. The third-order valence-electron chi connectivity index (χ3n) is 1.99. The molecule has 0 saturated carbocycles. The maximum Gasteiger partial charge on any atom is 0.319 e. The molecule has 3 N–H and O–H groups in total. The molecule has 0 aliphatic rings. The average Bonchev–Trinajstić information content (AvgIpc) is 2.26. The van der Waals surface area contributed by atoms with Gasteiger partial charge in [-0.15, -0.1) is 0 Å². The zero-order valence-electron chi connectivity index (χ0n) is 8.79. The number of carbonyl (C=O) groups is 1. The monoisotopic (exact) mass is 208 g/mol. The molecule has 4 heteroatoms. The first-order valence-electron chi connectivity index (χ1n) is 5.01. The average molecular weight is 208 g/mol. The Morgan fingerprint density at radius 2 is 2.27 bits per heavy atom. The van der Waals surface area contributed by atoms with Crippen molar-refractivity contribution in [1.82, 2.24) is 5.32 Å². The number of anilines is 1. The first kappa shape index (κ1) is 11.5. The van der Waals surface area contributed by atoms with Crippen molar-refractivity contribution in [3.05, 3.63) is 29.8 Å². The van der Waals surface area contributed by atoms with Crippen molar-refractivity contribution in [2.45, 2.75) is 13.3 Å². The fourth-order valence-electron chi connectivity index (χ4n) is 1.21. The number of hydrogen-bond acceptors (Lipinski definition) is 2. The Bertz CT molecular complexity index is 326. The second-order valence-electron chi connectivity index (χ2n) is 3.16. The summed E-state index contributed by atoms with van der Waals surface area (Å²) in [5, 5.41) is 13.7. The largest absolute Gasteiger partial charge is 0.395 e. The number of amides is 2. The molecule has 0 aliphatic heterocycles. The molecule has 0 unspecified atom stereocenters. The van der Waals surface area contributed by atoms with Gasteiger partial charge in [-0.3, -0.25) is 0 Å². The van der Waals surface area contributed by atoms with Gasteiger partial charge in [0.15, 0.2) is 0 Å². The summed E-state index contributed by atoms with van der Waals surface area (Å²) in [4.78, 5) is 11.2. The van der Waals surface area contributed by atoms with Crippen molar-refractivity contribution < 1.29 is 9.90 Å². The number of nitrogens with one attached hydrogen (secondary N) is 2. The highest BCUT2D eigenvalue weighted by Gasteiger charge is 2.00. The predicted molar refractivity (Wildman–Crippen MR) is 59.9 cm³/mol. The van der Waals surface area contributed by atoms with Crippen LogP contribution in [0.5, 0.6) is 0 Å². The molecule has 82 valence electrons. The van der Waals surface area contributed by atoms with Gasteiger partial charge in [0.2, 0.25) is 0 Å². The second-order valence-corrected chi connectivity index (χ2v) is 3.16. The normalized spacial score (nSPS) is 9.73. The third-order valence-corrected chi connectivity index (χ3v) is 1.99. The van der Waals surface area contributed by atoms with Gasteiger partial charge in [0, 0.05) is 12.2 Å². The van der Waals surface area contributed by atoms with Crippen molar-refractivity contribution in [2.24, 2.45) is 0 Å². The molecule has 0 fully saturated rings. The molecule has 0 aliphatic carbocycles. The molecule has 15 heavy (non-hydrogen) atoms. The molecule has 0 radical (unpaired) electrons. The fourth-order valence-corrected chi connectivity index (χ4v) is 1.21. The smallest absolute Gasteiger partial charge is 0.319 e. The molecule has 1 aromatic carbocycles. The van der Waals surface area contributed by atoms with E-state index >= 15 is 0 Å². The molecule has 1 aromatic rings. The minimum absolute atomic E-state index is 0.0532. The van der Waals surface area contributed by atoms with Gasteiger partial charge < -0.3 is 15.7 Å². The maximum absolute atomic E-state index is 11.2. The van der Waals surface area contributed by atoms with Crippen LogP contribution in [-0.2, 0) is 6.42 Å². The Balaban J connectivity index is 2.52. The maximum atomic E-state index is 11.2. The molecule has 4 nitrogen and oxygen atoms in total. The van der Waals surface area contributed by atoms with Crippen LogP contribution in [0.3, 0.4) is 0 Å². The predicted octanol–water partition coefficient (Wildman–Crippen LogP) is 1.36. The van der Waals surface area contributed by atoms with Gasteiger partial charge in [0.25, 0.3) is 0 Å². The molecular formula is C11H16N2O2. The molecule has 0 bridgehead atoms. The highest BCUT2D eigenvalue weighted by atomic mass is 16.3. The fraction of sp³-hybridized carbons (Fsp3) is 0.364. The minimum atomic E-state index is -0.294. The summed E-state index contributed by atoms with van der Waals surface area (Å²) >= 11 is 0. The van der Waals surface area contributed by atoms with Crippen LogP contribution >= 0.6 is 0 Å². The summed E-state index contributed by atoms with van der Waals surface area (Å²) in [6.45, 7) is 2.27. The Morgan fingerprint density at radius 1 is 1.47 bits per heavy atom. The minimum Gasteiger partial charge on any atom is -0.395 e. The first-order chi connectivity index (χ1) is 7.26. The van der Waals surface area contributed by atoms with E-state index in [9.17, 15) is 4.79 Å². The molecule has 0 heterocycles. The molecule has 0 saturated heterocycles. The molecular weight excluding hydrogens is 192 g/mol. The highest BCUT2D eigenvalue weighted by molar-refractivity contribution is 5.89. The lowest BCUT2D eigenvalue weighted by molar-refractivity contribution is 0.245. The van der Waals surface area contributed by atoms with E-state index in [0.717, 1.165) is 12.1 Å². The van der Waals surface area contributed by atoms with Crippen LogP contribution in [0.4, 0.5) is 10.5 Å². The number of aliphatic hydroxyl groups is 1. The quantitative estimate of drug-likeness (QED) is 0.699. The lowest BCUT2D eigenvalue weighted by Gasteiger charge is -2.07. The molecule has 2 amide bonds. The molecule has 0 aromatic heterocycles. The standard InChI is InChI=1S/C11H16N2O2/c1-2-9-4-3-5-10(8-9)13-11(15)12-6-7-14/h3-5,8,14H,2,6-7H2,1H3,(H2,12,13,15). The number of hydrogen-bond donors (Lipinski definition) is 3. The number of urea groups is 1. The van der Waals surface area contributed by atoms with Crippen LogP contribution < -0.4 is 10.6 Å². The van der Waals surface area contributed by atoms with Crippen molar-refractivity contribution in [2.75, 3.05) is 18.5 Å². The van der Waals surface area contributed by atoms with Crippen molar-refractivity contribution in [3.63, 3.8) is 0 Å². The van der Waals surface area contributed by atoms with Gasteiger partial charge in [-0.2, -0.15) is 0 Å². The molecule has 1 rings (SSSR count). The van der Waals surface area contributed by atoms with E-state index in [1.165, 1.54) is 5.56 Å².